The van der Waals surface area contributed by atoms with Crippen molar-refractivity contribution in [1.82, 2.24) is 0 Å². The first-order valence-electron chi connectivity index (χ1n) is 7.02. The van der Waals surface area contributed by atoms with Crippen molar-refractivity contribution in [2.24, 2.45) is 11.3 Å². The van der Waals surface area contributed by atoms with Gasteiger partial charge in [0.1, 0.15) is 5.60 Å². The largest absolute Gasteiger partial charge is 0.367 e. The van der Waals surface area contributed by atoms with Gasteiger partial charge in [0, 0.05) is 13.0 Å². The van der Waals surface area contributed by atoms with Crippen molar-refractivity contribution in [3.63, 3.8) is 0 Å². The van der Waals surface area contributed by atoms with Crippen LogP contribution < -0.4 is 0 Å². The summed E-state index contributed by atoms with van der Waals surface area (Å²) in [5, 5.41) is 0. The van der Waals surface area contributed by atoms with E-state index in [1.54, 1.807) is 0 Å². The molecule has 1 aliphatic carbocycles. The molecule has 0 amide bonds. The Hall–Kier alpha value is -0.370. The van der Waals surface area contributed by atoms with Crippen LogP contribution in [-0.4, -0.2) is 18.0 Å². The zero-order valence-corrected chi connectivity index (χ0v) is 12.1. The van der Waals surface area contributed by atoms with E-state index < -0.39 is 5.60 Å². The Morgan fingerprint density at radius 3 is 2.41 bits per heavy atom. The Labute approximate surface area is 106 Å². The maximum absolute atomic E-state index is 12.3. The second-order valence-corrected chi connectivity index (χ2v) is 6.47. The minimum absolute atomic E-state index is 0.218. The van der Waals surface area contributed by atoms with E-state index in [2.05, 4.69) is 27.7 Å². The predicted octanol–water partition coefficient (Wildman–Crippen LogP) is 3.98. The fraction of sp³-hybridized carbons (Fsp3) is 0.933. The van der Waals surface area contributed by atoms with Gasteiger partial charge in [-0.1, -0.05) is 34.6 Å². The number of carbonyl (C=O) groups excluding carboxylic acids is 1. The highest BCUT2D eigenvalue weighted by molar-refractivity contribution is 5.87. The van der Waals surface area contributed by atoms with Gasteiger partial charge in [-0.3, -0.25) is 4.79 Å². The fourth-order valence-corrected chi connectivity index (χ4v) is 3.52. The molecule has 0 heterocycles. The van der Waals surface area contributed by atoms with Crippen molar-refractivity contribution in [3.8, 4) is 0 Å². The molecule has 0 N–H and O–H groups in total. The summed E-state index contributed by atoms with van der Waals surface area (Å²) in [6.07, 6.45) is 4.56. The molecule has 0 saturated heterocycles. The summed E-state index contributed by atoms with van der Waals surface area (Å²) in [6, 6.07) is 0. The van der Waals surface area contributed by atoms with Crippen LogP contribution in [0.2, 0.25) is 0 Å². The van der Waals surface area contributed by atoms with Gasteiger partial charge in [0.05, 0.1) is 0 Å². The fourth-order valence-electron chi connectivity index (χ4n) is 3.52. The molecule has 17 heavy (non-hydrogen) atoms. The first-order valence-corrected chi connectivity index (χ1v) is 7.02. The monoisotopic (exact) mass is 240 g/mol. The number of hydrogen-bond donors (Lipinski definition) is 0. The van der Waals surface area contributed by atoms with Crippen LogP contribution >= 0.6 is 0 Å². The standard InChI is InChI=1S/C15H28O2/c1-6-8-17-15(13(16)7-2)10-12(3)9-14(4,5)11-15/h12H,6-11H2,1-5H3. The van der Waals surface area contributed by atoms with Crippen LogP contribution in [0.3, 0.4) is 0 Å². The lowest BCUT2D eigenvalue weighted by Crippen LogP contribution is -2.50. The highest BCUT2D eigenvalue weighted by atomic mass is 16.5. The normalized spacial score (nSPS) is 32.4. The first-order chi connectivity index (χ1) is 7.85. The second kappa shape index (κ2) is 5.51. The Kier molecular flexibility index (Phi) is 4.77. The maximum atomic E-state index is 12.3. The van der Waals surface area contributed by atoms with Crippen LogP contribution in [0.5, 0.6) is 0 Å². The van der Waals surface area contributed by atoms with E-state index in [1.165, 1.54) is 6.42 Å². The van der Waals surface area contributed by atoms with E-state index in [1.807, 2.05) is 6.92 Å². The number of hydrogen-bond acceptors (Lipinski definition) is 2. The van der Waals surface area contributed by atoms with Crippen molar-refractivity contribution in [1.29, 1.82) is 0 Å². The van der Waals surface area contributed by atoms with Crippen LogP contribution in [0.15, 0.2) is 0 Å². The Balaban J connectivity index is 2.92. The van der Waals surface area contributed by atoms with Gasteiger partial charge in [0.15, 0.2) is 5.78 Å². The molecular weight excluding hydrogens is 212 g/mol. The van der Waals surface area contributed by atoms with E-state index >= 15 is 0 Å². The lowest BCUT2D eigenvalue weighted by atomic mass is 9.64. The number of ketones is 1. The highest BCUT2D eigenvalue weighted by Crippen LogP contribution is 2.46. The number of carbonyl (C=O) groups is 1. The molecule has 2 heteroatoms. The molecule has 0 aromatic rings. The van der Waals surface area contributed by atoms with E-state index in [0.29, 0.717) is 24.7 Å². The van der Waals surface area contributed by atoms with E-state index in [4.69, 9.17) is 4.74 Å². The van der Waals surface area contributed by atoms with E-state index in [-0.39, 0.29) is 5.41 Å². The predicted molar refractivity (Wildman–Crippen MR) is 71.1 cm³/mol. The Morgan fingerprint density at radius 1 is 1.29 bits per heavy atom. The SMILES string of the molecule is CCCOC1(C(=O)CC)CC(C)CC(C)(C)C1. The van der Waals surface area contributed by atoms with E-state index in [0.717, 1.165) is 19.3 Å². The second-order valence-electron chi connectivity index (χ2n) is 6.47. The van der Waals surface area contributed by atoms with Crippen LogP contribution in [0.1, 0.15) is 66.7 Å². The maximum Gasteiger partial charge on any atom is 0.164 e. The molecule has 0 radical (unpaired) electrons. The molecule has 1 rings (SSSR count). The quantitative estimate of drug-likeness (QED) is 0.726. The molecule has 1 aliphatic rings. The summed E-state index contributed by atoms with van der Waals surface area (Å²) >= 11 is 0. The zero-order valence-electron chi connectivity index (χ0n) is 12.1. The topological polar surface area (TPSA) is 26.3 Å². The average molecular weight is 240 g/mol. The molecule has 0 aromatic carbocycles. The van der Waals surface area contributed by atoms with Gasteiger partial charge in [0.25, 0.3) is 0 Å². The zero-order chi connectivity index (χ0) is 13.1. The third-order valence-corrected chi connectivity index (χ3v) is 3.76. The van der Waals surface area contributed by atoms with Crippen LogP contribution in [0.25, 0.3) is 0 Å². The van der Waals surface area contributed by atoms with Crippen molar-refractivity contribution < 1.29 is 9.53 Å². The van der Waals surface area contributed by atoms with Crippen LogP contribution in [0, 0.1) is 11.3 Å². The lowest BCUT2D eigenvalue weighted by molar-refractivity contribution is -0.159. The third-order valence-electron chi connectivity index (χ3n) is 3.76. The number of Topliss-reactive ketones (excluding diaryl/α,β-unsaturated/α-hetero) is 1. The molecule has 2 nitrogen and oxygen atoms in total. The van der Waals surface area contributed by atoms with Crippen molar-refractivity contribution in [2.45, 2.75) is 72.3 Å². The highest BCUT2D eigenvalue weighted by Gasteiger charge is 2.47. The van der Waals surface area contributed by atoms with Gasteiger partial charge < -0.3 is 4.74 Å². The summed E-state index contributed by atoms with van der Waals surface area (Å²) in [5.74, 6) is 0.872. The Bertz CT molecular complexity index is 270. The molecule has 2 atom stereocenters. The molecule has 1 saturated carbocycles. The third kappa shape index (κ3) is 3.54. The van der Waals surface area contributed by atoms with E-state index in [9.17, 15) is 4.79 Å². The van der Waals surface area contributed by atoms with Gasteiger partial charge >= 0.3 is 0 Å². The number of ether oxygens (including phenoxy) is 1. The summed E-state index contributed by atoms with van der Waals surface area (Å²) in [6.45, 7) is 11.5. The molecular formula is C15H28O2. The molecule has 1 fully saturated rings. The smallest absolute Gasteiger partial charge is 0.164 e. The summed E-state index contributed by atoms with van der Waals surface area (Å²) < 4.78 is 6.03. The van der Waals surface area contributed by atoms with Crippen molar-refractivity contribution in [2.75, 3.05) is 6.61 Å². The van der Waals surface area contributed by atoms with Gasteiger partial charge in [0.2, 0.25) is 0 Å². The van der Waals surface area contributed by atoms with Gasteiger partial charge in [-0.2, -0.15) is 0 Å². The summed E-state index contributed by atoms with van der Waals surface area (Å²) in [7, 11) is 0. The minimum Gasteiger partial charge on any atom is -0.367 e. The summed E-state index contributed by atoms with van der Waals surface area (Å²) in [4.78, 5) is 12.3. The van der Waals surface area contributed by atoms with Gasteiger partial charge in [-0.25, -0.2) is 0 Å². The molecule has 0 bridgehead atoms. The van der Waals surface area contributed by atoms with Gasteiger partial charge in [-0.15, -0.1) is 0 Å². The molecule has 0 aromatic heterocycles. The molecule has 0 aliphatic heterocycles. The lowest BCUT2D eigenvalue weighted by Gasteiger charge is -2.46. The summed E-state index contributed by atoms with van der Waals surface area (Å²) in [5.41, 5.74) is -0.276. The molecule has 2 unspecified atom stereocenters. The van der Waals surface area contributed by atoms with Crippen molar-refractivity contribution >= 4 is 5.78 Å². The molecule has 0 spiro atoms. The van der Waals surface area contributed by atoms with Crippen molar-refractivity contribution in [3.05, 3.63) is 0 Å². The first kappa shape index (κ1) is 14.7. The molecule has 100 valence electrons. The average Bonchev–Trinajstić information content (AvgIpc) is 2.22. The van der Waals surface area contributed by atoms with Crippen LogP contribution in [0.4, 0.5) is 0 Å². The van der Waals surface area contributed by atoms with Crippen LogP contribution in [-0.2, 0) is 9.53 Å². The number of rotatable bonds is 5. The Morgan fingerprint density at radius 2 is 1.94 bits per heavy atom. The minimum atomic E-state index is -0.494. The van der Waals surface area contributed by atoms with Gasteiger partial charge in [-0.05, 0) is 37.0 Å².